The Balaban J connectivity index is 1.52. The standard InChI is InChI=1S/C29H27N3O7/c1-4-36-28(35)25-17(2)30-29-31-22(14-20-10-12-21(13-11-20)38-18(3)33)27(34)32(29)26(25)23-16-37-24(39-23)15-19-8-6-5-7-9-19/h5-14,16,24,26H,4,15H2,1-3H3,(H,30,31). The van der Waals surface area contributed by atoms with E-state index in [1.807, 2.05) is 30.3 Å². The number of aromatic nitrogens is 2. The number of imidazole rings is 1. The summed E-state index contributed by atoms with van der Waals surface area (Å²) in [6.07, 6.45) is 2.95. The first-order valence-electron chi connectivity index (χ1n) is 12.5. The molecule has 0 spiro atoms. The summed E-state index contributed by atoms with van der Waals surface area (Å²) in [5.74, 6) is -0.321. The van der Waals surface area contributed by atoms with Crippen LogP contribution in [0.1, 0.15) is 37.9 Å². The summed E-state index contributed by atoms with van der Waals surface area (Å²) in [7, 11) is 0. The summed E-state index contributed by atoms with van der Waals surface area (Å²) in [5.41, 5.74) is 2.15. The lowest BCUT2D eigenvalue weighted by atomic mass is 10.0. The van der Waals surface area contributed by atoms with Gasteiger partial charge in [-0.3, -0.25) is 14.2 Å². The summed E-state index contributed by atoms with van der Waals surface area (Å²) in [6.45, 7) is 4.87. The van der Waals surface area contributed by atoms with Crippen molar-refractivity contribution in [2.45, 2.75) is 39.5 Å². The van der Waals surface area contributed by atoms with Crippen LogP contribution in [0.3, 0.4) is 0 Å². The smallest absolute Gasteiger partial charge is 0.338 e. The predicted octanol–water partition coefficient (Wildman–Crippen LogP) is 2.40. The van der Waals surface area contributed by atoms with E-state index >= 15 is 0 Å². The van der Waals surface area contributed by atoms with E-state index < -0.39 is 29.8 Å². The predicted molar refractivity (Wildman–Crippen MR) is 140 cm³/mol. The highest BCUT2D eigenvalue weighted by Crippen LogP contribution is 2.34. The summed E-state index contributed by atoms with van der Waals surface area (Å²) in [4.78, 5) is 45.5. The van der Waals surface area contributed by atoms with Crippen LogP contribution >= 0.6 is 0 Å². The Kier molecular flexibility index (Phi) is 7.18. The van der Waals surface area contributed by atoms with Gasteiger partial charge in [0, 0.05) is 13.3 Å². The van der Waals surface area contributed by atoms with Crippen LogP contribution in [0.2, 0.25) is 0 Å². The SMILES string of the molecule is CCOC(=O)C1=C(C)N=c2[nH]c(=Cc3ccc(OC(C)=O)cc3)c(=O)n2C1C1=COC(Cc2ccccc2)O1. The van der Waals surface area contributed by atoms with Crippen molar-refractivity contribution in [2.24, 2.45) is 4.99 Å². The molecule has 3 aromatic rings. The first kappa shape index (κ1) is 25.8. The van der Waals surface area contributed by atoms with Gasteiger partial charge in [-0.1, -0.05) is 42.5 Å². The van der Waals surface area contributed by atoms with Crippen LogP contribution in [-0.4, -0.2) is 34.4 Å². The van der Waals surface area contributed by atoms with Crippen LogP contribution in [-0.2, 0) is 30.2 Å². The molecule has 1 N–H and O–H groups in total. The number of allylic oxidation sites excluding steroid dienone is 2. The third-order valence-corrected chi connectivity index (χ3v) is 6.19. The number of benzene rings is 2. The third kappa shape index (κ3) is 5.40. The molecule has 2 aliphatic rings. The fourth-order valence-electron chi connectivity index (χ4n) is 4.50. The van der Waals surface area contributed by atoms with Gasteiger partial charge in [0.25, 0.3) is 5.56 Å². The second-order valence-electron chi connectivity index (χ2n) is 8.97. The number of ether oxygens (including phenoxy) is 4. The van der Waals surface area contributed by atoms with Gasteiger partial charge in [0.15, 0.2) is 5.76 Å². The van der Waals surface area contributed by atoms with E-state index in [-0.39, 0.29) is 23.1 Å². The van der Waals surface area contributed by atoms with Gasteiger partial charge >= 0.3 is 11.9 Å². The van der Waals surface area contributed by atoms with E-state index in [9.17, 15) is 14.4 Å². The summed E-state index contributed by atoms with van der Waals surface area (Å²) >= 11 is 0. The number of carbonyl (C=O) groups excluding carboxylic acids is 2. The molecule has 39 heavy (non-hydrogen) atoms. The number of hydrogen-bond donors (Lipinski definition) is 1. The zero-order valence-electron chi connectivity index (χ0n) is 21.7. The van der Waals surface area contributed by atoms with Crippen LogP contribution in [0, 0.1) is 0 Å². The number of carbonyl (C=O) groups is 2. The fourth-order valence-corrected chi connectivity index (χ4v) is 4.50. The molecule has 2 unspecified atom stereocenters. The number of fused-ring (bicyclic) bond motifs is 1. The highest BCUT2D eigenvalue weighted by atomic mass is 16.7. The molecule has 10 heteroatoms. The van der Waals surface area contributed by atoms with Gasteiger partial charge in [0.05, 0.1) is 17.9 Å². The maximum Gasteiger partial charge on any atom is 0.338 e. The van der Waals surface area contributed by atoms with Gasteiger partial charge in [-0.15, -0.1) is 0 Å². The molecule has 2 aromatic carbocycles. The minimum absolute atomic E-state index is 0.159. The van der Waals surface area contributed by atoms with Gasteiger partial charge in [-0.2, -0.15) is 0 Å². The molecule has 0 amide bonds. The molecule has 0 saturated heterocycles. The number of rotatable bonds is 7. The average molecular weight is 530 g/mol. The van der Waals surface area contributed by atoms with Crippen LogP contribution in [0.25, 0.3) is 6.08 Å². The molecule has 1 aromatic heterocycles. The third-order valence-electron chi connectivity index (χ3n) is 6.19. The average Bonchev–Trinajstić information content (AvgIpc) is 3.49. The minimum atomic E-state index is -0.936. The Morgan fingerprint density at radius 3 is 2.56 bits per heavy atom. The molecule has 3 heterocycles. The maximum absolute atomic E-state index is 13.7. The number of nitrogens with zero attached hydrogens (tertiary/aromatic N) is 2. The Bertz CT molecular complexity index is 1650. The van der Waals surface area contributed by atoms with E-state index in [4.69, 9.17) is 18.9 Å². The molecule has 0 fully saturated rings. The minimum Gasteiger partial charge on any atom is -0.463 e. The molecule has 10 nitrogen and oxygen atoms in total. The van der Waals surface area contributed by atoms with Crippen molar-refractivity contribution in [1.82, 2.24) is 9.55 Å². The van der Waals surface area contributed by atoms with Crippen molar-refractivity contribution in [3.63, 3.8) is 0 Å². The normalized spacial score (nSPS) is 18.4. The van der Waals surface area contributed by atoms with E-state index in [0.29, 0.717) is 29.2 Å². The Labute approximate surface area is 223 Å². The highest BCUT2D eigenvalue weighted by molar-refractivity contribution is 5.91. The van der Waals surface area contributed by atoms with Gasteiger partial charge in [-0.25, -0.2) is 9.79 Å². The van der Waals surface area contributed by atoms with Crippen LogP contribution in [0.15, 0.2) is 87.7 Å². The first-order valence-corrected chi connectivity index (χ1v) is 12.5. The first-order chi connectivity index (χ1) is 18.8. The van der Waals surface area contributed by atoms with Gasteiger partial charge < -0.3 is 23.9 Å². The molecule has 0 bridgehead atoms. The molecule has 2 atom stereocenters. The molecule has 2 aliphatic heterocycles. The quantitative estimate of drug-likeness (QED) is 0.369. The molecule has 200 valence electrons. The second-order valence-corrected chi connectivity index (χ2v) is 8.97. The van der Waals surface area contributed by atoms with Crippen LogP contribution < -0.4 is 21.3 Å². The molecular weight excluding hydrogens is 502 g/mol. The van der Waals surface area contributed by atoms with Crippen molar-refractivity contribution >= 4 is 18.0 Å². The number of nitrogens with one attached hydrogen (secondary N) is 1. The molecule has 0 aliphatic carbocycles. The van der Waals surface area contributed by atoms with Gasteiger partial charge in [-0.05, 0) is 43.2 Å². The molecule has 0 radical (unpaired) electrons. The number of esters is 2. The van der Waals surface area contributed by atoms with Crippen molar-refractivity contribution in [3.8, 4) is 5.75 Å². The summed E-state index contributed by atoms with van der Waals surface area (Å²) in [5, 5.41) is 0.247. The summed E-state index contributed by atoms with van der Waals surface area (Å²) < 4.78 is 23.7. The molecule has 0 saturated carbocycles. The molecule has 5 rings (SSSR count). The largest absolute Gasteiger partial charge is 0.463 e. The monoisotopic (exact) mass is 529 g/mol. The lowest BCUT2D eigenvalue weighted by Crippen LogP contribution is -2.40. The Hall–Kier alpha value is -4.86. The Morgan fingerprint density at radius 1 is 1.13 bits per heavy atom. The second kappa shape index (κ2) is 10.9. The zero-order chi connectivity index (χ0) is 27.5. The van der Waals surface area contributed by atoms with Crippen molar-refractivity contribution in [3.05, 3.63) is 110 Å². The van der Waals surface area contributed by atoms with Crippen molar-refractivity contribution < 1.29 is 28.5 Å². The van der Waals surface area contributed by atoms with E-state index in [2.05, 4.69) is 9.98 Å². The zero-order valence-corrected chi connectivity index (χ0v) is 21.7. The van der Waals surface area contributed by atoms with Gasteiger partial charge in [0.2, 0.25) is 11.9 Å². The highest BCUT2D eigenvalue weighted by Gasteiger charge is 2.39. The summed E-state index contributed by atoms with van der Waals surface area (Å²) in [6, 6.07) is 15.5. The molecular formula is C29H27N3O7. The fraction of sp³-hybridized carbons (Fsp3) is 0.241. The Morgan fingerprint density at radius 2 is 1.87 bits per heavy atom. The van der Waals surface area contributed by atoms with Crippen LogP contribution in [0.4, 0.5) is 0 Å². The maximum atomic E-state index is 13.7. The van der Waals surface area contributed by atoms with Gasteiger partial charge in [0.1, 0.15) is 23.4 Å². The number of hydrogen-bond acceptors (Lipinski definition) is 8. The van der Waals surface area contributed by atoms with Crippen LogP contribution in [0.5, 0.6) is 5.75 Å². The van der Waals surface area contributed by atoms with E-state index in [1.54, 1.807) is 44.2 Å². The number of aromatic amines is 1. The van der Waals surface area contributed by atoms with Crippen molar-refractivity contribution in [2.75, 3.05) is 6.61 Å². The van der Waals surface area contributed by atoms with E-state index in [0.717, 1.165) is 5.56 Å². The number of H-pyrrole nitrogens is 1. The lowest BCUT2D eigenvalue weighted by Gasteiger charge is -2.24. The van der Waals surface area contributed by atoms with Crippen molar-refractivity contribution in [1.29, 1.82) is 0 Å². The topological polar surface area (TPSA) is 121 Å². The lowest BCUT2D eigenvalue weighted by molar-refractivity contribution is -0.139. The van der Waals surface area contributed by atoms with E-state index in [1.165, 1.54) is 17.8 Å².